The number of amides is 1. The molecule has 0 unspecified atom stereocenters. The van der Waals surface area contributed by atoms with Gasteiger partial charge in [-0.05, 0) is 55.4 Å². The van der Waals surface area contributed by atoms with Gasteiger partial charge in [0, 0.05) is 22.5 Å². The maximum absolute atomic E-state index is 12.4. The molecule has 124 valence electrons. The molecule has 1 amide bonds. The molecular formula is C17H35N3O. The molecule has 0 aliphatic carbocycles. The molecular weight excluding hydrogens is 262 g/mol. The van der Waals surface area contributed by atoms with Gasteiger partial charge in [0.05, 0.1) is 0 Å². The first-order valence-corrected chi connectivity index (χ1v) is 7.76. The van der Waals surface area contributed by atoms with Crippen molar-refractivity contribution in [3.05, 3.63) is 0 Å². The lowest BCUT2D eigenvalue weighted by Gasteiger charge is -2.47. The third kappa shape index (κ3) is 6.49. The second-order valence-electron chi connectivity index (χ2n) is 8.93. The van der Waals surface area contributed by atoms with Crippen molar-refractivity contribution < 1.29 is 4.79 Å². The van der Waals surface area contributed by atoms with Gasteiger partial charge in [-0.2, -0.15) is 0 Å². The number of aliphatic imine (C=N–C) groups is 1. The summed E-state index contributed by atoms with van der Waals surface area (Å²) in [5.41, 5.74) is -0.729. The van der Waals surface area contributed by atoms with Crippen molar-refractivity contribution in [2.75, 3.05) is 0 Å². The maximum Gasteiger partial charge on any atom is 0.232 e. The van der Waals surface area contributed by atoms with Crippen LogP contribution in [0.1, 0.15) is 76.2 Å². The number of nitrogens with zero attached hydrogens (tertiary/aromatic N) is 2. The molecule has 4 nitrogen and oxygen atoms in total. The number of hydrogen-bond donors (Lipinski definition) is 1. The van der Waals surface area contributed by atoms with Crippen LogP contribution in [0.25, 0.3) is 0 Å². The molecule has 0 saturated carbocycles. The average molecular weight is 297 g/mol. The van der Waals surface area contributed by atoms with Crippen molar-refractivity contribution in [3.63, 3.8) is 0 Å². The van der Waals surface area contributed by atoms with Crippen LogP contribution in [-0.4, -0.2) is 33.9 Å². The molecule has 0 aromatic rings. The molecule has 0 atom stereocenters. The summed E-state index contributed by atoms with van der Waals surface area (Å²) >= 11 is 0. The van der Waals surface area contributed by atoms with E-state index in [1.165, 1.54) is 0 Å². The minimum Gasteiger partial charge on any atom is -0.333 e. The van der Waals surface area contributed by atoms with Gasteiger partial charge in [-0.25, -0.2) is 4.99 Å². The molecule has 0 radical (unpaired) electrons. The molecule has 0 rings (SSSR count). The molecule has 0 saturated heterocycles. The third-order valence-corrected chi connectivity index (χ3v) is 2.84. The zero-order valence-corrected chi connectivity index (χ0v) is 15.9. The van der Waals surface area contributed by atoms with E-state index in [2.05, 4.69) is 56.8 Å². The minimum atomic E-state index is -0.445. The van der Waals surface area contributed by atoms with Gasteiger partial charge in [0.1, 0.15) is 0 Å². The standard InChI is InChI=1S/C17H35N3O/c1-12(2)18-14(19-13(21)15(3,4)5)20(16(6,7)8)17(9,10)11/h12H,1-11H3,(H,18,19,21). The van der Waals surface area contributed by atoms with E-state index in [1.807, 2.05) is 34.6 Å². The monoisotopic (exact) mass is 297 g/mol. The summed E-state index contributed by atoms with van der Waals surface area (Å²) in [5.74, 6) is 0.644. The van der Waals surface area contributed by atoms with Gasteiger partial charge in [-0.15, -0.1) is 0 Å². The number of carbonyl (C=O) groups is 1. The van der Waals surface area contributed by atoms with Crippen molar-refractivity contribution in [1.82, 2.24) is 10.2 Å². The highest BCUT2D eigenvalue weighted by atomic mass is 16.2. The lowest BCUT2D eigenvalue weighted by atomic mass is 9.94. The summed E-state index contributed by atoms with van der Waals surface area (Å²) < 4.78 is 0. The fourth-order valence-corrected chi connectivity index (χ4v) is 2.32. The fraction of sp³-hybridized carbons (Fsp3) is 0.882. The quantitative estimate of drug-likeness (QED) is 0.591. The molecule has 0 aromatic carbocycles. The summed E-state index contributed by atoms with van der Waals surface area (Å²) in [4.78, 5) is 19.3. The Labute approximate surface area is 131 Å². The maximum atomic E-state index is 12.4. The molecule has 0 aliphatic heterocycles. The molecule has 0 spiro atoms. The first-order chi connectivity index (χ1) is 9.06. The second kappa shape index (κ2) is 6.37. The number of hydrogen-bond acceptors (Lipinski definition) is 2. The average Bonchev–Trinajstić information content (AvgIpc) is 2.08. The van der Waals surface area contributed by atoms with E-state index >= 15 is 0 Å². The van der Waals surface area contributed by atoms with E-state index in [-0.39, 0.29) is 23.0 Å². The van der Waals surface area contributed by atoms with E-state index in [0.29, 0.717) is 5.96 Å². The second-order valence-corrected chi connectivity index (χ2v) is 8.93. The number of guanidine groups is 1. The Kier molecular flexibility index (Phi) is 6.05. The Morgan fingerprint density at radius 2 is 1.29 bits per heavy atom. The van der Waals surface area contributed by atoms with Crippen LogP contribution < -0.4 is 5.32 Å². The molecule has 0 heterocycles. The Balaban J connectivity index is 5.75. The van der Waals surface area contributed by atoms with Gasteiger partial charge >= 0.3 is 0 Å². The van der Waals surface area contributed by atoms with E-state index in [9.17, 15) is 4.79 Å². The highest BCUT2D eigenvalue weighted by Gasteiger charge is 2.36. The van der Waals surface area contributed by atoms with E-state index in [0.717, 1.165) is 0 Å². The van der Waals surface area contributed by atoms with E-state index in [1.54, 1.807) is 0 Å². The molecule has 0 aliphatic rings. The molecule has 0 aromatic heterocycles. The first kappa shape index (κ1) is 19.9. The number of rotatable bonds is 1. The van der Waals surface area contributed by atoms with Crippen LogP contribution in [0.5, 0.6) is 0 Å². The zero-order valence-electron chi connectivity index (χ0n) is 15.9. The number of nitrogens with one attached hydrogen (secondary N) is 1. The lowest BCUT2D eigenvalue weighted by Crippen LogP contribution is -2.61. The summed E-state index contributed by atoms with van der Waals surface area (Å²) in [6.07, 6.45) is 0. The lowest BCUT2D eigenvalue weighted by molar-refractivity contribution is -0.127. The predicted octanol–water partition coefficient (Wildman–Crippen LogP) is 3.81. The molecule has 1 N–H and O–H groups in total. The topological polar surface area (TPSA) is 44.7 Å². The summed E-state index contributed by atoms with van der Waals surface area (Å²) in [7, 11) is 0. The zero-order chi connectivity index (χ0) is 17.2. The largest absolute Gasteiger partial charge is 0.333 e. The normalized spacial score (nSPS) is 14.4. The van der Waals surface area contributed by atoms with Crippen LogP contribution in [0.15, 0.2) is 4.99 Å². The SMILES string of the molecule is CC(C)N=C(NC(=O)C(C)(C)C)N(C(C)(C)C)C(C)(C)C. The van der Waals surface area contributed by atoms with E-state index < -0.39 is 5.41 Å². The third-order valence-electron chi connectivity index (χ3n) is 2.84. The van der Waals surface area contributed by atoms with Gasteiger partial charge < -0.3 is 4.90 Å². The minimum absolute atomic E-state index is 0.0135. The summed E-state index contributed by atoms with van der Waals surface area (Å²) in [6, 6.07) is 0.118. The van der Waals surface area contributed by atoms with Gasteiger partial charge in [0.15, 0.2) is 0 Å². The van der Waals surface area contributed by atoms with Crippen molar-refractivity contribution in [3.8, 4) is 0 Å². The molecule has 0 bridgehead atoms. The Bertz CT molecular complexity index is 376. The molecule has 4 heteroatoms. The first-order valence-electron chi connectivity index (χ1n) is 7.76. The van der Waals surface area contributed by atoms with Crippen molar-refractivity contribution >= 4 is 11.9 Å². The van der Waals surface area contributed by atoms with Crippen LogP contribution >= 0.6 is 0 Å². The van der Waals surface area contributed by atoms with Crippen molar-refractivity contribution in [2.45, 2.75) is 93.3 Å². The van der Waals surface area contributed by atoms with Gasteiger partial charge in [0.25, 0.3) is 0 Å². The smallest absolute Gasteiger partial charge is 0.232 e. The van der Waals surface area contributed by atoms with Crippen LogP contribution in [0.2, 0.25) is 0 Å². The van der Waals surface area contributed by atoms with Crippen LogP contribution in [-0.2, 0) is 4.79 Å². The Hall–Kier alpha value is -1.06. The predicted molar refractivity (Wildman–Crippen MR) is 91.5 cm³/mol. The van der Waals surface area contributed by atoms with Crippen LogP contribution in [0.4, 0.5) is 0 Å². The molecule has 21 heavy (non-hydrogen) atoms. The van der Waals surface area contributed by atoms with Gasteiger partial charge in [-0.3, -0.25) is 10.1 Å². The summed E-state index contributed by atoms with van der Waals surface area (Å²) in [5, 5.41) is 3.04. The van der Waals surface area contributed by atoms with Crippen molar-refractivity contribution in [2.24, 2.45) is 10.4 Å². The van der Waals surface area contributed by atoms with E-state index in [4.69, 9.17) is 0 Å². The highest BCUT2D eigenvalue weighted by Crippen LogP contribution is 2.25. The van der Waals surface area contributed by atoms with Crippen LogP contribution in [0.3, 0.4) is 0 Å². The number of carbonyl (C=O) groups excluding carboxylic acids is 1. The highest BCUT2D eigenvalue weighted by molar-refractivity contribution is 5.99. The summed E-state index contributed by atoms with van der Waals surface area (Å²) in [6.45, 7) is 22.6. The van der Waals surface area contributed by atoms with Gasteiger partial charge in [-0.1, -0.05) is 20.8 Å². The molecule has 0 fully saturated rings. The van der Waals surface area contributed by atoms with Crippen LogP contribution in [0, 0.1) is 5.41 Å². The van der Waals surface area contributed by atoms with Crippen molar-refractivity contribution in [1.29, 1.82) is 0 Å². The van der Waals surface area contributed by atoms with Gasteiger partial charge in [0.2, 0.25) is 11.9 Å². The fourth-order valence-electron chi connectivity index (χ4n) is 2.32. The Morgan fingerprint density at radius 3 is 1.52 bits per heavy atom. The Morgan fingerprint density at radius 1 is 0.905 bits per heavy atom.